The minimum Gasteiger partial charge on any atom is -0.462 e. The number of halogens is 2. The third kappa shape index (κ3) is 4.07. The van der Waals surface area contributed by atoms with Gasteiger partial charge in [0.15, 0.2) is 5.78 Å². The Kier molecular flexibility index (Phi) is 6.28. The SMILES string of the molecule is CCCCOC(=O)C1=C(C)NC2=C(C(=O)CCC2)C1c1ccc(Cl)cc1Cl. The molecule has 0 fully saturated rings. The van der Waals surface area contributed by atoms with Crippen molar-refractivity contribution >= 4 is 35.0 Å². The van der Waals surface area contributed by atoms with Gasteiger partial charge in [-0.1, -0.05) is 42.6 Å². The van der Waals surface area contributed by atoms with E-state index in [0.29, 0.717) is 45.5 Å². The highest BCUT2D eigenvalue weighted by Crippen LogP contribution is 2.44. The van der Waals surface area contributed by atoms with Crippen molar-refractivity contribution in [3.63, 3.8) is 0 Å². The first-order valence-electron chi connectivity index (χ1n) is 9.30. The van der Waals surface area contributed by atoms with E-state index in [1.54, 1.807) is 18.2 Å². The minimum absolute atomic E-state index is 0.0473. The van der Waals surface area contributed by atoms with E-state index in [0.717, 1.165) is 31.4 Å². The van der Waals surface area contributed by atoms with Crippen molar-refractivity contribution in [2.75, 3.05) is 6.61 Å². The molecule has 0 saturated carbocycles. The maximum Gasteiger partial charge on any atom is 0.336 e. The van der Waals surface area contributed by atoms with Gasteiger partial charge in [-0.25, -0.2) is 4.79 Å². The molecule has 0 spiro atoms. The Morgan fingerprint density at radius 3 is 2.78 bits per heavy atom. The highest BCUT2D eigenvalue weighted by Gasteiger charge is 2.39. The maximum atomic E-state index is 12.9. The molecule has 3 rings (SSSR count). The van der Waals surface area contributed by atoms with Crippen molar-refractivity contribution in [3.05, 3.63) is 56.3 Å². The lowest BCUT2D eigenvalue weighted by atomic mass is 9.75. The van der Waals surface area contributed by atoms with Gasteiger partial charge in [-0.3, -0.25) is 4.79 Å². The molecule has 0 amide bonds. The van der Waals surface area contributed by atoms with Gasteiger partial charge in [0.1, 0.15) is 0 Å². The van der Waals surface area contributed by atoms with Crippen molar-refractivity contribution in [2.45, 2.75) is 51.9 Å². The molecule has 6 heteroatoms. The summed E-state index contributed by atoms with van der Waals surface area (Å²) in [6.45, 7) is 4.23. The van der Waals surface area contributed by atoms with Crippen LogP contribution in [0.3, 0.4) is 0 Å². The monoisotopic (exact) mass is 407 g/mol. The molecule has 0 radical (unpaired) electrons. The lowest BCUT2D eigenvalue weighted by Gasteiger charge is -2.34. The number of benzene rings is 1. The molecule has 0 aromatic heterocycles. The van der Waals surface area contributed by atoms with Gasteiger partial charge in [0.05, 0.1) is 12.2 Å². The number of unbranched alkanes of at least 4 members (excludes halogenated alkanes) is 1. The van der Waals surface area contributed by atoms with Crippen LogP contribution in [-0.2, 0) is 14.3 Å². The molecule has 144 valence electrons. The third-order valence-electron chi connectivity index (χ3n) is 5.00. The Morgan fingerprint density at radius 2 is 2.07 bits per heavy atom. The van der Waals surface area contributed by atoms with E-state index in [1.807, 2.05) is 13.8 Å². The van der Waals surface area contributed by atoms with Crippen molar-refractivity contribution in [1.82, 2.24) is 5.32 Å². The molecule has 1 unspecified atom stereocenters. The zero-order valence-electron chi connectivity index (χ0n) is 15.5. The predicted molar refractivity (Wildman–Crippen MR) is 107 cm³/mol. The van der Waals surface area contributed by atoms with Crippen molar-refractivity contribution in [1.29, 1.82) is 0 Å². The fourth-order valence-corrected chi connectivity index (χ4v) is 4.21. The summed E-state index contributed by atoms with van der Waals surface area (Å²) in [7, 11) is 0. The fraction of sp³-hybridized carbons (Fsp3) is 0.429. The molecule has 1 N–H and O–H groups in total. The topological polar surface area (TPSA) is 55.4 Å². The van der Waals surface area contributed by atoms with E-state index in [-0.39, 0.29) is 5.78 Å². The number of nitrogens with one attached hydrogen (secondary N) is 1. The van der Waals surface area contributed by atoms with Crippen molar-refractivity contribution < 1.29 is 14.3 Å². The number of hydrogen-bond acceptors (Lipinski definition) is 4. The molecule has 1 aromatic carbocycles. The van der Waals surface area contributed by atoms with E-state index in [2.05, 4.69) is 5.32 Å². The molecule has 0 bridgehead atoms. The van der Waals surface area contributed by atoms with Crippen LogP contribution in [-0.4, -0.2) is 18.4 Å². The lowest BCUT2D eigenvalue weighted by molar-refractivity contribution is -0.139. The second-order valence-corrected chi connectivity index (χ2v) is 7.76. The smallest absolute Gasteiger partial charge is 0.336 e. The van der Waals surface area contributed by atoms with Crippen molar-refractivity contribution in [2.24, 2.45) is 0 Å². The van der Waals surface area contributed by atoms with Crippen LogP contribution >= 0.6 is 23.2 Å². The number of Topliss-reactive ketones (excluding diaryl/α,β-unsaturated/α-hetero) is 1. The quantitative estimate of drug-likeness (QED) is 0.530. The van der Waals surface area contributed by atoms with Crippen LogP contribution in [0.1, 0.15) is 57.4 Å². The van der Waals surface area contributed by atoms with Gasteiger partial charge in [-0.2, -0.15) is 0 Å². The second-order valence-electron chi connectivity index (χ2n) is 6.92. The van der Waals surface area contributed by atoms with Gasteiger partial charge in [0.2, 0.25) is 0 Å². The van der Waals surface area contributed by atoms with Gasteiger partial charge >= 0.3 is 5.97 Å². The first-order chi connectivity index (χ1) is 12.9. The van der Waals surface area contributed by atoms with Gasteiger partial charge in [0.25, 0.3) is 0 Å². The van der Waals surface area contributed by atoms with Crippen LogP contribution < -0.4 is 5.32 Å². The van der Waals surface area contributed by atoms with E-state index in [9.17, 15) is 9.59 Å². The van der Waals surface area contributed by atoms with Crippen LogP contribution in [0.15, 0.2) is 40.7 Å². The van der Waals surface area contributed by atoms with Gasteiger partial charge in [-0.15, -0.1) is 0 Å². The van der Waals surface area contributed by atoms with Crippen LogP contribution in [0, 0.1) is 0 Å². The number of esters is 1. The summed E-state index contributed by atoms with van der Waals surface area (Å²) in [5.74, 6) is -0.895. The average molecular weight is 408 g/mol. The van der Waals surface area contributed by atoms with E-state index >= 15 is 0 Å². The Hall–Kier alpha value is -1.78. The molecule has 1 aromatic rings. The highest BCUT2D eigenvalue weighted by atomic mass is 35.5. The Labute approximate surface area is 169 Å². The van der Waals surface area contributed by atoms with Crippen molar-refractivity contribution in [3.8, 4) is 0 Å². The largest absolute Gasteiger partial charge is 0.462 e. The van der Waals surface area contributed by atoms with Crippen LogP contribution in [0.2, 0.25) is 10.0 Å². The summed E-state index contributed by atoms with van der Waals surface area (Å²) >= 11 is 12.5. The third-order valence-corrected chi connectivity index (χ3v) is 5.56. The molecule has 1 aliphatic carbocycles. The summed E-state index contributed by atoms with van der Waals surface area (Å²) in [5.41, 5.74) is 3.36. The van der Waals surface area contributed by atoms with E-state index in [4.69, 9.17) is 27.9 Å². The maximum absolute atomic E-state index is 12.9. The molecule has 2 aliphatic rings. The van der Waals surface area contributed by atoms with E-state index in [1.165, 1.54) is 0 Å². The molecule has 1 aliphatic heterocycles. The van der Waals surface area contributed by atoms with Crippen LogP contribution in [0.5, 0.6) is 0 Å². The van der Waals surface area contributed by atoms with Gasteiger partial charge in [-0.05, 0) is 43.9 Å². The molecular formula is C21H23Cl2NO3. The summed E-state index contributed by atoms with van der Waals surface area (Å²) < 4.78 is 5.48. The van der Waals surface area contributed by atoms with E-state index < -0.39 is 11.9 Å². The highest BCUT2D eigenvalue weighted by molar-refractivity contribution is 6.35. The first kappa shape index (κ1) is 20.0. The number of carbonyl (C=O) groups excluding carboxylic acids is 2. The molecule has 0 saturated heterocycles. The molecular weight excluding hydrogens is 385 g/mol. The Morgan fingerprint density at radius 1 is 1.30 bits per heavy atom. The number of carbonyl (C=O) groups is 2. The molecule has 1 atom stereocenters. The predicted octanol–water partition coefficient (Wildman–Crippen LogP) is 5.30. The number of allylic oxidation sites excluding steroid dienone is 3. The van der Waals surface area contributed by atoms with Crippen LogP contribution in [0.25, 0.3) is 0 Å². The second kappa shape index (κ2) is 8.49. The summed E-state index contributed by atoms with van der Waals surface area (Å²) in [5, 5.41) is 4.21. The molecule has 27 heavy (non-hydrogen) atoms. The Balaban J connectivity index is 2.09. The number of ether oxygens (including phenoxy) is 1. The number of rotatable bonds is 5. The average Bonchev–Trinajstić information content (AvgIpc) is 2.61. The first-order valence-corrected chi connectivity index (χ1v) is 10.1. The zero-order chi connectivity index (χ0) is 19.6. The Bertz CT molecular complexity index is 842. The normalized spacial score (nSPS) is 19.7. The van der Waals surface area contributed by atoms with Gasteiger partial charge in [0, 0.05) is 39.4 Å². The standard InChI is InChI=1S/C21H23Cl2NO3/c1-3-4-10-27-21(26)18-12(2)24-16-6-5-7-17(25)20(16)19(18)14-9-8-13(22)11-15(14)23/h8-9,11,19,24H,3-7,10H2,1-2H3. The molecule has 4 nitrogen and oxygen atoms in total. The van der Waals surface area contributed by atoms with Crippen LogP contribution in [0.4, 0.5) is 0 Å². The fourth-order valence-electron chi connectivity index (χ4n) is 3.69. The zero-order valence-corrected chi connectivity index (χ0v) is 17.0. The number of hydrogen-bond donors (Lipinski definition) is 1. The number of dihydropyridines is 1. The minimum atomic E-state index is -0.534. The summed E-state index contributed by atoms with van der Waals surface area (Å²) in [4.78, 5) is 25.7. The number of ketones is 1. The van der Waals surface area contributed by atoms with Gasteiger partial charge < -0.3 is 10.1 Å². The lowest BCUT2D eigenvalue weighted by Crippen LogP contribution is -2.34. The molecule has 1 heterocycles. The summed E-state index contributed by atoms with van der Waals surface area (Å²) in [6, 6.07) is 5.16. The summed E-state index contributed by atoms with van der Waals surface area (Å²) in [6.07, 6.45) is 3.78.